The molecule has 4 heterocycles. The molecule has 2 aliphatic rings. The first-order valence-corrected chi connectivity index (χ1v) is 18.3. The molecule has 4 aromatic carbocycles. The zero-order valence-electron chi connectivity index (χ0n) is 30.5. The van der Waals surface area contributed by atoms with E-state index in [9.17, 15) is 32.6 Å². The number of carboxylic acid groups (broad SMARTS) is 1. The van der Waals surface area contributed by atoms with Crippen molar-refractivity contribution in [2.75, 3.05) is 19.7 Å². The highest BCUT2D eigenvalue weighted by molar-refractivity contribution is 5.85. The van der Waals surface area contributed by atoms with Gasteiger partial charge in [0.1, 0.15) is 28.6 Å². The van der Waals surface area contributed by atoms with Crippen LogP contribution in [0.1, 0.15) is 41.5 Å². The highest BCUT2D eigenvalue weighted by Crippen LogP contribution is 2.40. The van der Waals surface area contributed by atoms with E-state index >= 15 is 0 Å². The predicted octanol–water partition coefficient (Wildman–Crippen LogP) is 8.41. The van der Waals surface area contributed by atoms with Crippen molar-refractivity contribution in [3.8, 4) is 45.5 Å². The Kier molecular flexibility index (Phi) is 10.2. The maximum absolute atomic E-state index is 13.5. The summed E-state index contributed by atoms with van der Waals surface area (Å²) in [5.41, 5.74) is 7.04. The SMILES string of the molecule is Cc1c(-c2nc3cc(CN4CC[C@@H]4CO)c(OC(F)F)cc3o2)cccc1-c1cccc(-c2nc3cc(CN4CCC[C@H]4C(=O)O)c(OC(F)F)cc3o2)c1C. The van der Waals surface area contributed by atoms with Gasteiger partial charge in [-0.25, -0.2) is 9.97 Å². The van der Waals surface area contributed by atoms with E-state index in [1.165, 1.54) is 12.1 Å². The summed E-state index contributed by atoms with van der Waals surface area (Å²) in [6.45, 7) is -0.650. The van der Waals surface area contributed by atoms with Gasteiger partial charge in [-0.2, -0.15) is 17.6 Å². The van der Waals surface area contributed by atoms with Crippen molar-refractivity contribution < 1.29 is 50.9 Å². The Morgan fingerprint density at radius 2 is 1.27 bits per heavy atom. The number of alkyl halides is 4. The van der Waals surface area contributed by atoms with Gasteiger partial charge in [-0.1, -0.05) is 24.3 Å². The summed E-state index contributed by atoms with van der Waals surface area (Å²) in [5, 5.41) is 19.3. The first-order chi connectivity index (χ1) is 27.0. The predicted molar refractivity (Wildman–Crippen MR) is 198 cm³/mol. The Bertz CT molecular complexity index is 2430. The van der Waals surface area contributed by atoms with Gasteiger partial charge in [0.15, 0.2) is 11.2 Å². The van der Waals surface area contributed by atoms with Gasteiger partial charge in [0.05, 0.1) is 6.61 Å². The van der Waals surface area contributed by atoms with Crippen LogP contribution in [0.15, 0.2) is 69.5 Å². The molecule has 0 bridgehead atoms. The lowest BCUT2D eigenvalue weighted by Gasteiger charge is -2.40. The highest BCUT2D eigenvalue weighted by Gasteiger charge is 2.32. The van der Waals surface area contributed by atoms with Crippen LogP contribution in [-0.2, 0) is 17.9 Å². The second-order valence-corrected chi connectivity index (χ2v) is 14.2. The quantitative estimate of drug-likeness (QED) is 0.110. The van der Waals surface area contributed by atoms with E-state index in [1.54, 1.807) is 17.0 Å². The fraction of sp³-hybridized carbons (Fsp3) is 0.341. The number of nitrogens with zero attached hydrogens (tertiary/aromatic N) is 4. The Morgan fingerprint density at radius 3 is 1.71 bits per heavy atom. The third kappa shape index (κ3) is 7.17. The van der Waals surface area contributed by atoms with Crippen molar-refractivity contribution in [1.82, 2.24) is 19.8 Å². The molecule has 15 heteroatoms. The Morgan fingerprint density at radius 1 is 0.768 bits per heavy atom. The summed E-state index contributed by atoms with van der Waals surface area (Å²) in [4.78, 5) is 25.0. The molecule has 2 aliphatic heterocycles. The molecular formula is C41H38F4N4O7. The fourth-order valence-electron chi connectivity index (χ4n) is 7.85. The third-order valence-electron chi connectivity index (χ3n) is 10.9. The van der Waals surface area contributed by atoms with Crippen molar-refractivity contribution in [3.05, 3.63) is 82.9 Å². The molecule has 0 aliphatic carbocycles. The number of rotatable bonds is 13. The average Bonchev–Trinajstić information content (AvgIpc) is 3.89. The maximum Gasteiger partial charge on any atom is 0.387 e. The fourth-order valence-corrected chi connectivity index (χ4v) is 7.85. The zero-order valence-corrected chi connectivity index (χ0v) is 30.5. The van der Waals surface area contributed by atoms with Crippen LogP contribution in [0.4, 0.5) is 17.6 Å². The van der Waals surface area contributed by atoms with Crippen LogP contribution in [0.3, 0.4) is 0 Å². The number of hydrogen-bond acceptors (Lipinski definition) is 10. The molecule has 292 valence electrons. The number of carboxylic acids is 1. The molecule has 2 atom stereocenters. The number of oxazole rings is 2. The van der Waals surface area contributed by atoms with E-state index in [4.69, 9.17) is 28.3 Å². The number of hydrogen-bond donors (Lipinski definition) is 2. The number of ether oxygens (including phenoxy) is 2. The van der Waals surface area contributed by atoms with Crippen molar-refractivity contribution in [2.24, 2.45) is 0 Å². The Labute approximate surface area is 318 Å². The van der Waals surface area contributed by atoms with Crippen LogP contribution in [0, 0.1) is 13.8 Å². The second kappa shape index (κ2) is 15.2. The standard InChI is InChI=1S/C41H38F4N4O7/c1-21-26(6-3-8-28(21)37-46-30-14-23(18-48-13-11-25(48)20-50)33(55-40(42)43)16-35(30)53-37)27-7-4-9-29(22(27)2)38-47-31-15-24(19-49-12-5-10-32(49)39(51)52)34(56-41(44)45)17-36(31)54-38/h3-4,6-9,14-17,25,32,40-41,50H,5,10-13,18-20H2,1-2H3,(H,51,52)/t25-,32+/m1/s1. The zero-order chi connectivity index (χ0) is 39.2. The molecule has 2 fully saturated rings. The molecule has 2 N–H and O–H groups in total. The molecule has 56 heavy (non-hydrogen) atoms. The first-order valence-electron chi connectivity index (χ1n) is 18.3. The molecule has 6 aromatic rings. The van der Waals surface area contributed by atoms with Crippen LogP contribution in [0.25, 0.3) is 56.2 Å². The molecule has 0 radical (unpaired) electrons. The molecule has 0 unspecified atom stereocenters. The van der Waals surface area contributed by atoms with Crippen LogP contribution < -0.4 is 9.47 Å². The molecule has 0 spiro atoms. The average molecular weight is 775 g/mol. The van der Waals surface area contributed by atoms with Crippen LogP contribution in [0.5, 0.6) is 11.5 Å². The summed E-state index contributed by atoms with van der Waals surface area (Å²) in [5.74, 6) is -0.523. The second-order valence-electron chi connectivity index (χ2n) is 14.2. The van der Waals surface area contributed by atoms with Gasteiger partial charge in [-0.3, -0.25) is 14.6 Å². The Hall–Kier alpha value is -5.51. The van der Waals surface area contributed by atoms with Crippen molar-refractivity contribution in [2.45, 2.75) is 71.5 Å². The van der Waals surface area contributed by atoms with Crippen molar-refractivity contribution in [1.29, 1.82) is 0 Å². The molecule has 0 saturated carbocycles. The molecule has 2 saturated heterocycles. The third-order valence-corrected chi connectivity index (χ3v) is 10.9. The topological polar surface area (TPSA) is 135 Å². The number of fused-ring (bicyclic) bond motifs is 2. The van der Waals surface area contributed by atoms with Gasteiger partial charge in [0.2, 0.25) is 11.8 Å². The highest BCUT2D eigenvalue weighted by atomic mass is 19.3. The summed E-state index contributed by atoms with van der Waals surface area (Å²) >= 11 is 0. The summed E-state index contributed by atoms with van der Waals surface area (Å²) in [7, 11) is 0. The maximum atomic E-state index is 13.5. The van der Waals surface area contributed by atoms with Crippen LogP contribution in [-0.4, -0.2) is 81.0 Å². The summed E-state index contributed by atoms with van der Waals surface area (Å²) in [6.07, 6.45) is 1.97. The van der Waals surface area contributed by atoms with Gasteiger partial charge >= 0.3 is 19.2 Å². The van der Waals surface area contributed by atoms with Crippen molar-refractivity contribution in [3.63, 3.8) is 0 Å². The van der Waals surface area contributed by atoms with Crippen LogP contribution in [0.2, 0.25) is 0 Å². The number of aliphatic hydroxyl groups is 1. The Balaban J connectivity index is 1.12. The number of aliphatic carboxylic acids is 1. The van der Waals surface area contributed by atoms with Gasteiger partial charge in [0, 0.05) is 60.1 Å². The lowest BCUT2D eigenvalue weighted by Crippen LogP contribution is -2.49. The van der Waals surface area contributed by atoms with E-state index in [2.05, 4.69) is 0 Å². The molecule has 2 aromatic heterocycles. The van der Waals surface area contributed by atoms with Gasteiger partial charge in [-0.05, 0) is 86.2 Å². The number of benzene rings is 4. The summed E-state index contributed by atoms with van der Waals surface area (Å²) < 4.78 is 75.9. The first kappa shape index (κ1) is 37.4. The van der Waals surface area contributed by atoms with Crippen molar-refractivity contribution >= 4 is 28.2 Å². The van der Waals surface area contributed by atoms with Gasteiger partial charge in [0.25, 0.3) is 0 Å². The van der Waals surface area contributed by atoms with Crippen LogP contribution >= 0.6 is 0 Å². The number of aromatic nitrogens is 2. The van der Waals surface area contributed by atoms with E-state index < -0.39 is 25.2 Å². The van der Waals surface area contributed by atoms with Gasteiger partial charge < -0.3 is 28.5 Å². The normalized spacial score (nSPS) is 17.7. The van der Waals surface area contributed by atoms with E-state index in [0.717, 1.165) is 35.2 Å². The molecule has 11 nitrogen and oxygen atoms in total. The largest absolute Gasteiger partial charge is 0.480 e. The lowest BCUT2D eigenvalue weighted by molar-refractivity contribution is -0.142. The number of likely N-dealkylation sites (tertiary alicyclic amines) is 2. The number of aliphatic hydroxyl groups excluding tert-OH is 1. The summed E-state index contributed by atoms with van der Waals surface area (Å²) in [6, 6.07) is 16.7. The smallest absolute Gasteiger partial charge is 0.387 e. The molecule has 8 rings (SSSR count). The van der Waals surface area contributed by atoms with E-state index in [0.29, 0.717) is 65.1 Å². The molecular weight excluding hydrogens is 736 g/mol. The minimum atomic E-state index is -3.10. The van der Waals surface area contributed by atoms with E-state index in [-0.39, 0.29) is 47.7 Å². The monoisotopic (exact) mass is 774 g/mol. The minimum absolute atomic E-state index is 0.0108. The molecule has 0 amide bonds. The minimum Gasteiger partial charge on any atom is -0.480 e. The van der Waals surface area contributed by atoms with E-state index in [1.807, 2.05) is 55.1 Å². The number of carbonyl (C=O) groups is 1. The van der Waals surface area contributed by atoms with Gasteiger partial charge in [-0.15, -0.1) is 0 Å². The lowest BCUT2D eigenvalue weighted by atomic mass is 9.91. The number of halogens is 4.